The summed E-state index contributed by atoms with van der Waals surface area (Å²) in [6.45, 7) is 3.68. The summed E-state index contributed by atoms with van der Waals surface area (Å²) in [6.07, 6.45) is 0.453. The summed E-state index contributed by atoms with van der Waals surface area (Å²) in [7, 11) is -3.62. The Morgan fingerprint density at radius 3 is 3.00 bits per heavy atom. The highest BCUT2D eigenvalue weighted by Crippen LogP contribution is 2.48. The number of imidazole rings is 1. The van der Waals surface area contributed by atoms with Crippen molar-refractivity contribution in [3.05, 3.63) is 20.7 Å². The molecule has 116 valence electrons. The molecule has 0 amide bonds. The maximum Gasteiger partial charge on any atom is 0.338 e. The van der Waals surface area contributed by atoms with Crippen LogP contribution in [0.1, 0.15) is 20.3 Å². The zero-order valence-corrected chi connectivity index (χ0v) is 16.1. The molecule has 9 heteroatoms. The highest BCUT2D eigenvalue weighted by atomic mass is 127. The second-order valence-electron chi connectivity index (χ2n) is 4.56. The van der Waals surface area contributed by atoms with Gasteiger partial charge in [0.2, 0.25) is 0 Å². The van der Waals surface area contributed by atoms with Crippen LogP contribution in [0, 0.1) is 3.57 Å². The highest BCUT2D eigenvalue weighted by Gasteiger charge is 2.23. The minimum atomic E-state index is -3.62. The SMILES string of the molecule is CCC(C)OP(=O)(O)CSc1nc2cc(I)c(Cl)cc2[nH]1. The Morgan fingerprint density at radius 2 is 2.33 bits per heavy atom. The monoisotopic (exact) mass is 460 g/mol. The fourth-order valence-electron chi connectivity index (χ4n) is 1.58. The van der Waals surface area contributed by atoms with Gasteiger partial charge in [-0.15, -0.1) is 0 Å². The standard InChI is InChI=1S/C12H15ClIN2O3PS/c1-3-7(2)19-20(17,18)6-21-12-15-10-4-8(13)9(14)5-11(10)16-12/h4-5,7H,3,6H2,1-2H3,(H,15,16)(H,17,18). The van der Waals surface area contributed by atoms with Crippen molar-refractivity contribution in [2.45, 2.75) is 31.5 Å². The molecule has 0 aliphatic rings. The molecule has 1 aromatic carbocycles. The fraction of sp³-hybridized carbons (Fsp3) is 0.417. The summed E-state index contributed by atoms with van der Waals surface area (Å²) in [5, 5.41) is 1.22. The molecule has 0 saturated heterocycles. The van der Waals surface area contributed by atoms with Gasteiger partial charge in [-0.05, 0) is 48.1 Å². The molecule has 0 spiro atoms. The van der Waals surface area contributed by atoms with E-state index in [4.69, 9.17) is 16.1 Å². The van der Waals surface area contributed by atoms with Crippen molar-refractivity contribution in [1.29, 1.82) is 0 Å². The van der Waals surface area contributed by atoms with E-state index in [2.05, 4.69) is 32.6 Å². The lowest BCUT2D eigenvalue weighted by molar-refractivity contribution is 0.188. The van der Waals surface area contributed by atoms with Crippen LogP contribution in [0.3, 0.4) is 0 Å². The molecule has 1 aromatic heterocycles. The maximum atomic E-state index is 11.9. The number of nitrogens with one attached hydrogen (secondary N) is 1. The van der Waals surface area contributed by atoms with Crippen molar-refractivity contribution in [1.82, 2.24) is 9.97 Å². The van der Waals surface area contributed by atoms with Gasteiger partial charge in [0.05, 0.1) is 22.2 Å². The fourth-order valence-corrected chi connectivity index (χ4v) is 4.63. The zero-order chi connectivity index (χ0) is 15.6. The van der Waals surface area contributed by atoms with Gasteiger partial charge in [-0.3, -0.25) is 4.57 Å². The van der Waals surface area contributed by atoms with Crippen LogP contribution in [0.5, 0.6) is 0 Å². The summed E-state index contributed by atoms with van der Waals surface area (Å²) in [5.74, 6) is 0. The molecule has 1 heterocycles. The van der Waals surface area contributed by atoms with Gasteiger partial charge in [-0.1, -0.05) is 30.3 Å². The molecule has 0 fully saturated rings. The zero-order valence-electron chi connectivity index (χ0n) is 11.5. The third kappa shape index (κ3) is 4.84. The number of hydrogen-bond acceptors (Lipinski definition) is 4. The minimum Gasteiger partial charge on any atom is -0.333 e. The van der Waals surface area contributed by atoms with Crippen LogP contribution >= 0.6 is 53.5 Å². The predicted molar refractivity (Wildman–Crippen MR) is 95.2 cm³/mol. The summed E-state index contributed by atoms with van der Waals surface area (Å²) in [5.41, 5.74) is 1.54. The van der Waals surface area contributed by atoms with Gasteiger partial charge in [0.25, 0.3) is 0 Å². The molecule has 0 saturated carbocycles. The molecular weight excluding hydrogens is 446 g/mol. The number of aromatic amines is 1. The molecule has 2 aromatic rings. The smallest absolute Gasteiger partial charge is 0.333 e. The normalized spacial score (nSPS) is 16.0. The predicted octanol–water partition coefficient (Wildman–Crippen LogP) is 4.87. The van der Waals surface area contributed by atoms with Gasteiger partial charge in [0.1, 0.15) is 5.49 Å². The Bertz CT molecular complexity index is 657. The van der Waals surface area contributed by atoms with Crippen LogP contribution in [0.25, 0.3) is 11.0 Å². The minimum absolute atomic E-state index is 0.0397. The first-order chi connectivity index (χ1) is 9.80. The number of rotatable bonds is 6. The average Bonchev–Trinajstić information content (AvgIpc) is 2.78. The first-order valence-corrected chi connectivity index (χ1v) is 10.5. The van der Waals surface area contributed by atoms with E-state index in [0.29, 0.717) is 16.6 Å². The van der Waals surface area contributed by atoms with E-state index in [1.807, 2.05) is 13.0 Å². The second kappa shape index (κ2) is 7.19. The molecule has 2 unspecified atom stereocenters. The van der Waals surface area contributed by atoms with E-state index in [1.54, 1.807) is 13.0 Å². The van der Waals surface area contributed by atoms with Gasteiger partial charge in [-0.2, -0.15) is 0 Å². The van der Waals surface area contributed by atoms with E-state index < -0.39 is 7.60 Å². The Labute approximate surface area is 145 Å². The number of nitrogens with zero attached hydrogens (tertiary/aromatic N) is 1. The number of H-pyrrole nitrogens is 1. The van der Waals surface area contributed by atoms with Crippen molar-refractivity contribution < 1.29 is 14.0 Å². The van der Waals surface area contributed by atoms with Gasteiger partial charge in [-0.25, -0.2) is 4.98 Å². The average molecular weight is 461 g/mol. The number of thioether (sulfide) groups is 1. The summed E-state index contributed by atoms with van der Waals surface area (Å²) >= 11 is 9.36. The van der Waals surface area contributed by atoms with Crippen molar-refractivity contribution in [2.24, 2.45) is 0 Å². The van der Waals surface area contributed by atoms with Crippen LogP contribution in [0.4, 0.5) is 0 Å². The van der Waals surface area contributed by atoms with E-state index in [-0.39, 0.29) is 11.6 Å². The van der Waals surface area contributed by atoms with Crippen molar-refractivity contribution in [2.75, 3.05) is 5.49 Å². The van der Waals surface area contributed by atoms with Crippen LogP contribution in [0.15, 0.2) is 17.3 Å². The summed E-state index contributed by atoms with van der Waals surface area (Å²) in [4.78, 5) is 17.2. The first kappa shape index (κ1) is 17.6. The number of aromatic nitrogens is 2. The molecule has 0 aliphatic carbocycles. The number of fused-ring (bicyclic) bond motifs is 1. The lowest BCUT2D eigenvalue weighted by atomic mass is 10.3. The second-order valence-corrected chi connectivity index (χ2v) is 9.32. The van der Waals surface area contributed by atoms with Crippen molar-refractivity contribution in [3.63, 3.8) is 0 Å². The Morgan fingerprint density at radius 1 is 1.62 bits per heavy atom. The molecule has 21 heavy (non-hydrogen) atoms. The lowest BCUT2D eigenvalue weighted by Crippen LogP contribution is -2.05. The van der Waals surface area contributed by atoms with E-state index in [0.717, 1.165) is 14.6 Å². The number of benzene rings is 1. The molecular formula is C12H15ClIN2O3PS. The van der Waals surface area contributed by atoms with E-state index in [1.165, 1.54) is 11.8 Å². The number of halogens is 2. The molecule has 0 aliphatic heterocycles. The Kier molecular flexibility index (Phi) is 6.01. The highest BCUT2D eigenvalue weighted by molar-refractivity contribution is 14.1. The number of hydrogen-bond donors (Lipinski definition) is 2. The van der Waals surface area contributed by atoms with Crippen molar-refractivity contribution >= 4 is 64.6 Å². The third-order valence-electron chi connectivity index (χ3n) is 2.79. The first-order valence-electron chi connectivity index (χ1n) is 6.28. The van der Waals surface area contributed by atoms with Gasteiger partial charge in [0, 0.05) is 3.57 Å². The van der Waals surface area contributed by atoms with Gasteiger partial charge < -0.3 is 14.4 Å². The Balaban J connectivity index is 2.08. The van der Waals surface area contributed by atoms with E-state index >= 15 is 0 Å². The summed E-state index contributed by atoms with van der Waals surface area (Å²) < 4.78 is 18.0. The van der Waals surface area contributed by atoms with Gasteiger partial charge in [0.15, 0.2) is 5.16 Å². The maximum absolute atomic E-state index is 11.9. The van der Waals surface area contributed by atoms with Crippen LogP contribution < -0.4 is 0 Å². The lowest BCUT2D eigenvalue weighted by Gasteiger charge is -2.15. The van der Waals surface area contributed by atoms with Crippen LogP contribution in [-0.2, 0) is 9.09 Å². The quantitative estimate of drug-likeness (QED) is 0.365. The molecule has 0 radical (unpaired) electrons. The molecule has 2 atom stereocenters. The Hall–Kier alpha value is 0.210. The largest absolute Gasteiger partial charge is 0.338 e. The third-order valence-corrected chi connectivity index (χ3v) is 7.29. The van der Waals surface area contributed by atoms with Gasteiger partial charge >= 0.3 is 7.60 Å². The molecule has 2 rings (SSSR count). The van der Waals surface area contributed by atoms with E-state index in [9.17, 15) is 9.46 Å². The van der Waals surface area contributed by atoms with Crippen LogP contribution in [0.2, 0.25) is 5.02 Å². The topological polar surface area (TPSA) is 75.2 Å². The summed E-state index contributed by atoms with van der Waals surface area (Å²) in [6, 6.07) is 3.66. The molecule has 0 bridgehead atoms. The van der Waals surface area contributed by atoms with Crippen LogP contribution in [-0.4, -0.2) is 26.5 Å². The van der Waals surface area contributed by atoms with Crippen molar-refractivity contribution in [3.8, 4) is 0 Å². The molecule has 2 N–H and O–H groups in total. The molecule has 5 nitrogen and oxygen atoms in total.